The molecule has 0 spiro atoms. The molecular formula is C14H18O4. The highest BCUT2D eigenvalue weighted by Gasteiger charge is 2.46. The number of hydrogen-bond donors (Lipinski definition) is 2. The average molecular weight is 250 g/mol. The first-order chi connectivity index (χ1) is 8.45. The lowest BCUT2D eigenvalue weighted by Crippen LogP contribution is -2.43. The van der Waals surface area contributed by atoms with Crippen molar-refractivity contribution in [2.45, 2.75) is 32.1 Å². The number of benzene rings is 1. The van der Waals surface area contributed by atoms with Gasteiger partial charge in [-0.2, -0.15) is 0 Å². The fourth-order valence-corrected chi connectivity index (χ4v) is 2.29. The third-order valence-corrected chi connectivity index (χ3v) is 3.55. The molecule has 0 saturated carbocycles. The topological polar surface area (TPSA) is 74.6 Å². The second-order valence-electron chi connectivity index (χ2n) is 4.52. The van der Waals surface area contributed by atoms with Crippen molar-refractivity contribution in [2.75, 3.05) is 0 Å². The number of aliphatic carboxylic acids is 2. The van der Waals surface area contributed by atoms with Crippen molar-refractivity contribution >= 4 is 11.9 Å². The molecule has 4 nitrogen and oxygen atoms in total. The van der Waals surface area contributed by atoms with Crippen LogP contribution in [0.15, 0.2) is 30.3 Å². The molecule has 0 aromatic heterocycles. The Morgan fingerprint density at radius 2 is 1.78 bits per heavy atom. The Hall–Kier alpha value is -1.84. The van der Waals surface area contributed by atoms with Crippen molar-refractivity contribution in [2.24, 2.45) is 5.92 Å². The highest BCUT2D eigenvalue weighted by molar-refractivity contribution is 5.87. The van der Waals surface area contributed by atoms with Gasteiger partial charge < -0.3 is 10.2 Å². The van der Waals surface area contributed by atoms with Crippen LogP contribution >= 0.6 is 0 Å². The third kappa shape index (κ3) is 2.53. The molecule has 0 bridgehead atoms. The molecule has 0 saturated heterocycles. The van der Waals surface area contributed by atoms with E-state index in [4.69, 9.17) is 5.11 Å². The van der Waals surface area contributed by atoms with Gasteiger partial charge in [-0.15, -0.1) is 0 Å². The second-order valence-corrected chi connectivity index (χ2v) is 4.52. The summed E-state index contributed by atoms with van der Waals surface area (Å²) < 4.78 is 0. The number of rotatable bonds is 6. The molecule has 0 aliphatic rings. The van der Waals surface area contributed by atoms with Crippen LogP contribution in [-0.2, 0) is 15.0 Å². The predicted octanol–water partition coefficient (Wildman–Crippen LogP) is 2.53. The minimum absolute atomic E-state index is 0.256. The standard InChI is InChI=1S/C14H18O4/c1-3-10(2)14(13(17)18,9-12(15)16)11-7-5-4-6-8-11/h4-8,10H,3,9H2,1-2H3,(H,15,16)(H,17,18). The number of carboxylic acids is 2. The van der Waals surface area contributed by atoms with E-state index in [-0.39, 0.29) is 5.92 Å². The molecule has 2 N–H and O–H groups in total. The first-order valence-corrected chi connectivity index (χ1v) is 5.95. The van der Waals surface area contributed by atoms with Crippen molar-refractivity contribution in [1.82, 2.24) is 0 Å². The van der Waals surface area contributed by atoms with Gasteiger partial charge >= 0.3 is 11.9 Å². The summed E-state index contributed by atoms with van der Waals surface area (Å²) in [6.07, 6.45) is 0.204. The van der Waals surface area contributed by atoms with Gasteiger partial charge in [0.05, 0.1) is 6.42 Å². The molecule has 0 fully saturated rings. The fourth-order valence-electron chi connectivity index (χ4n) is 2.29. The Morgan fingerprint density at radius 3 is 2.17 bits per heavy atom. The Morgan fingerprint density at radius 1 is 1.22 bits per heavy atom. The summed E-state index contributed by atoms with van der Waals surface area (Å²) in [5.74, 6) is -2.43. The van der Waals surface area contributed by atoms with Gasteiger partial charge in [0, 0.05) is 0 Å². The first-order valence-electron chi connectivity index (χ1n) is 5.95. The molecule has 0 aliphatic heterocycles. The van der Waals surface area contributed by atoms with Gasteiger partial charge in [-0.1, -0.05) is 50.6 Å². The molecule has 1 aromatic carbocycles. The zero-order valence-corrected chi connectivity index (χ0v) is 10.6. The third-order valence-electron chi connectivity index (χ3n) is 3.55. The lowest BCUT2D eigenvalue weighted by atomic mass is 9.67. The van der Waals surface area contributed by atoms with E-state index in [0.29, 0.717) is 12.0 Å². The molecule has 4 heteroatoms. The van der Waals surface area contributed by atoms with Crippen molar-refractivity contribution in [3.8, 4) is 0 Å². The summed E-state index contributed by atoms with van der Waals surface area (Å²) in [4.78, 5) is 22.7. The molecule has 0 amide bonds. The van der Waals surface area contributed by atoms with Crippen LogP contribution in [0.2, 0.25) is 0 Å². The minimum atomic E-state index is -1.36. The molecule has 0 aliphatic carbocycles. The molecule has 18 heavy (non-hydrogen) atoms. The molecule has 2 unspecified atom stereocenters. The van der Waals surface area contributed by atoms with Gasteiger partial charge in [-0.3, -0.25) is 9.59 Å². The molecular weight excluding hydrogens is 232 g/mol. The largest absolute Gasteiger partial charge is 0.481 e. The van der Waals surface area contributed by atoms with Crippen molar-refractivity contribution in [1.29, 1.82) is 0 Å². The maximum Gasteiger partial charge on any atom is 0.314 e. The van der Waals surface area contributed by atoms with Crippen LogP contribution in [0.25, 0.3) is 0 Å². The van der Waals surface area contributed by atoms with Gasteiger partial charge in [0.15, 0.2) is 0 Å². The highest BCUT2D eigenvalue weighted by Crippen LogP contribution is 2.38. The lowest BCUT2D eigenvalue weighted by molar-refractivity contribution is -0.152. The summed E-state index contributed by atoms with van der Waals surface area (Å²) in [6.45, 7) is 3.65. The molecule has 1 aromatic rings. The quantitative estimate of drug-likeness (QED) is 0.813. The van der Waals surface area contributed by atoms with E-state index < -0.39 is 23.8 Å². The van der Waals surface area contributed by atoms with Crippen LogP contribution in [-0.4, -0.2) is 22.2 Å². The molecule has 1 rings (SSSR count). The summed E-state index contributed by atoms with van der Waals surface area (Å²) in [5, 5.41) is 18.6. The molecule has 2 atom stereocenters. The van der Waals surface area contributed by atoms with Gasteiger partial charge in [0.2, 0.25) is 0 Å². The average Bonchev–Trinajstić information content (AvgIpc) is 2.35. The van der Waals surface area contributed by atoms with Crippen molar-refractivity contribution < 1.29 is 19.8 Å². The predicted molar refractivity (Wildman–Crippen MR) is 67.5 cm³/mol. The fraction of sp³-hybridized carbons (Fsp3) is 0.429. The summed E-state index contributed by atoms with van der Waals surface area (Å²) in [7, 11) is 0. The molecule has 0 radical (unpaired) electrons. The summed E-state index contributed by atoms with van der Waals surface area (Å²) in [6, 6.07) is 8.62. The number of hydrogen-bond acceptors (Lipinski definition) is 2. The van der Waals surface area contributed by atoms with E-state index in [0.717, 1.165) is 0 Å². The highest BCUT2D eigenvalue weighted by atomic mass is 16.4. The van der Waals surface area contributed by atoms with Crippen LogP contribution in [0.1, 0.15) is 32.3 Å². The van der Waals surface area contributed by atoms with E-state index in [2.05, 4.69) is 0 Å². The smallest absolute Gasteiger partial charge is 0.314 e. The SMILES string of the molecule is CCC(C)C(CC(=O)O)(C(=O)O)c1ccccc1. The van der Waals surface area contributed by atoms with Gasteiger partial charge in [-0.25, -0.2) is 0 Å². The van der Waals surface area contributed by atoms with Crippen LogP contribution in [0.4, 0.5) is 0 Å². The van der Waals surface area contributed by atoms with Crippen LogP contribution in [0, 0.1) is 5.92 Å². The normalized spacial score (nSPS) is 15.7. The molecule has 0 heterocycles. The van der Waals surface area contributed by atoms with E-state index in [1.54, 1.807) is 37.3 Å². The minimum Gasteiger partial charge on any atom is -0.481 e. The number of carbonyl (C=O) groups is 2. The van der Waals surface area contributed by atoms with E-state index in [9.17, 15) is 14.7 Å². The Bertz CT molecular complexity index is 427. The van der Waals surface area contributed by atoms with E-state index in [1.165, 1.54) is 0 Å². The summed E-state index contributed by atoms with van der Waals surface area (Å²) in [5.41, 5.74) is -0.809. The second kappa shape index (κ2) is 5.67. The zero-order chi connectivity index (χ0) is 13.8. The Balaban J connectivity index is 3.38. The van der Waals surface area contributed by atoms with Crippen molar-refractivity contribution in [3.63, 3.8) is 0 Å². The van der Waals surface area contributed by atoms with Crippen LogP contribution in [0.5, 0.6) is 0 Å². The van der Waals surface area contributed by atoms with Gasteiger partial charge in [0.25, 0.3) is 0 Å². The number of carboxylic acid groups (broad SMARTS) is 2. The van der Waals surface area contributed by atoms with Gasteiger partial charge in [0.1, 0.15) is 5.41 Å². The monoisotopic (exact) mass is 250 g/mol. The van der Waals surface area contributed by atoms with Gasteiger partial charge in [-0.05, 0) is 11.5 Å². The Labute approximate surface area is 106 Å². The Kier molecular flexibility index (Phi) is 4.48. The summed E-state index contributed by atoms with van der Waals surface area (Å²) >= 11 is 0. The molecule has 98 valence electrons. The van der Waals surface area contributed by atoms with Crippen LogP contribution in [0.3, 0.4) is 0 Å². The maximum atomic E-state index is 11.7. The zero-order valence-electron chi connectivity index (χ0n) is 10.6. The van der Waals surface area contributed by atoms with Crippen molar-refractivity contribution in [3.05, 3.63) is 35.9 Å². The van der Waals surface area contributed by atoms with E-state index in [1.807, 2.05) is 6.92 Å². The lowest BCUT2D eigenvalue weighted by Gasteiger charge is -2.34. The van der Waals surface area contributed by atoms with E-state index >= 15 is 0 Å². The van der Waals surface area contributed by atoms with Crippen LogP contribution < -0.4 is 0 Å². The maximum absolute atomic E-state index is 11.7. The first kappa shape index (κ1) is 14.2.